The van der Waals surface area contributed by atoms with Crippen LogP contribution in [0.4, 0.5) is 5.69 Å². The van der Waals surface area contributed by atoms with E-state index in [1.807, 2.05) is 18.2 Å². The van der Waals surface area contributed by atoms with E-state index in [0.29, 0.717) is 6.04 Å². The van der Waals surface area contributed by atoms with Crippen LogP contribution in [0.1, 0.15) is 30.4 Å². The third-order valence-corrected chi connectivity index (χ3v) is 4.01. The summed E-state index contributed by atoms with van der Waals surface area (Å²) in [6.45, 7) is 4.47. The van der Waals surface area contributed by atoms with Gasteiger partial charge in [-0.3, -0.25) is 4.90 Å². The van der Waals surface area contributed by atoms with Crippen LogP contribution in [0.5, 0.6) is 0 Å². The van der Waals surface area contributed by atoms with Crippen molar-refractivity contribution in [2.24, 2.45) is 0 Å². The van der Waals surface area contributed by atoms with Gasteiger partial charge in [0.25, 0.3) is 0 Å². The minimum atomic E-state index is 0.540. The highest BCUT2D eigenvalue weighted by molar-refractivity contribution is 5.55. The van der Waals surface area contributed by atoms with Crippen molar-refractivity contribution >= 4 is 5.69 Å². The van der Waals surface area contributed by atoms with Crippen LogP contribution in [0.25, 0.3) is 0 Å². The molecule has 2 aliphatic rings. The number of aryl methyl sites for hydroxylation is 1. The topological polar surface area (TPSA) is 39.1 Å². The molecule has 0 spiro atoms. The summed E-state index contributed by atoms with van der Waals surface area (Å²) in [5.74, 6) is 0. The summed E-state index contributed by atoms with van der Waals surface area (Å²) >= 11 is 0. The van der Waals surface area contributed by atoms with Crippen molar-refractivity contribution < 1.29 is 0 Å². The summed E-state index contributed by atoms with van der Waals surface area (Å²) in [6, 6.07) is 9.48. The maximum absolute atomic E-state index is 8.95. The maximum Gasteiger partial charge on any atom is 0.0992 e. The molecule has 1 saturated heterocycles. The molecule has 94 valence electrons. The average molecular weight is 241 g/mol. The van der Waals surface area contributed by atoms with E-state index in [4.69, 9.17) is 5.26 Å². The summed E-state index contributed by atoms with van der Waals surface area (Å²) in [5.41, 5.74) is 3.08. The monoisotopic (exact) mass is 241 g/mol. The Kier molecular flexibility index (Phi) is 2.97. The van der Waals surface area contributed by atoms with Gasteiger partial charge < -0.3 is 5.32 Å². The number of nitrogens with zero attached hydrogens (tertiary/aromatic N) is 2. The van der Waals surface area contributed by atoms with Crippen molar-refractivity contribution in [3.8, 4) is 6.07 Å². The van der Waals surface area contributed by atoms with Gasteiger partial charge in [-0.1, -0.05) is 6.07 Å². The first-order chi connectivity index (χ1) is 8.76. The second-order valence-corrected chi connectivity index (χ2v) is 5.50. The minimum absolute atomic E-state index is 0.540. The molecule has 1 atom stereocenters. The molecule has 3 rings (SSSR count). The number of hydrogen-bond donors (Lipinski definition) is 1. The Labute approximate surface area is 108 Å². The maximum atomic E-state index is 8.95. The first-order valence-electron chi connectivity index (χ1n) is 6.77. The lowest BCUT2D eigenvalue weighted by atomic mass is 10.1. The second-order valence-electron chi connectivity index (χ2n) is 5.50. The Hall–Kier alpha value is -1.53. The van der Waals surface area contributed by atoms with E-state index in [0.717, 1.165) is 23.8 Å². The van der Waals surface area contributed by atoms with Gasteiger partial charge in [0.05, 0.1) is 11.6 Å². The van der Waals surface area contributed by atoms with E-state index in [1.54, 1.807) is 0 Å². The highest BCUT2D eigenvalue weighted by Gasteiger charge is 2.34. The van der Waals surface area contributed by atoms with Gasteiger partial charge in [-0.2, -0.15) is 5.26 Å². The first kappa shape index (κ1) is 11.6. The Morgan fingerprint density at radius 1 is 1.33 bits per heavy atom. The molecular formula is C15H19N3. The molecule has 0 radical (unpaired) electrons. The van der Waals surface area contributed by atoms with E-state index in [2.05, 4.69) is 23.2 Å². The summed E-state index contributed by atoms with van der Waals surface area (Å²) in [6.07, 6.45) is 3.98. The molecular weight excluding hydrogens is 222 g/mol. The van der Waals surface area contributed by atoms with Gasteiger partial charge in [0, 0.05) is 30.9 Å². The quantitative estimate of drug-likeness (QED) is 0.883. The van der Waals surface area contributed by atoms with Crippen LogP contribution in [0.3, 0.4) is 0 Å². The standard InChI is InChI=1S/C15H19N3/c1-11-2-3-12(9-16)8-15(11)17-13-6-7-18(10-13)14-4-5-14/h2-3,8,13-14,17H,4-7,10H2,1H3. The number of benzene rings is 1. The van der Waals surface area contributed by atoms with Crippen molar-refractivity contribution in [2.75, 3.05) is 18.4 Å². The molecule has 1 aliphatic carbocycles. The van der Waals surface area contributed by atoms with E-state index < -0.39 is 0 Å². The zero-order chi connectivity index (χ0) is 12.5. The summed E-state index contributed by atoms with van der Waals surface area (Å²) in [4.78, 5) is 2.60. The van der Waals surface area contributed by atoms with E-state index in [-0.39, 0.29) is 0 Å². The molecule has 18 heavy (non-hydrogen) atoms. The Bertz CT molecular complexity index is 485. The summed E-state index contributed by atoms with van der Waals surface area (Å²) in [7, 11) is 0. The lowest BCUT2D eigenvalue weighted by Gasteiger charge is -2.18. The van der Waals surface area contributed by atoms with Crippen molar-refractivity contribution in [3.63, 3.8) is 0 Å². The van der Waals surface area contributed by atoms with Gasteiger partial charge in [0.2, 0.25) is 0 Å². The molecule has 3 heteroatoms. The number of likely N-dealkylation sites (tertiary alicyclic amines) is 1. The van der Waals surface area contributed by atoms with Gasteiger partial charge in [0.1, 0.15) is 0 Å². The normalized spacial score (nSPS) is 23.9. The number of hydrogen-bond acceptors (Lipinski definition) is 3. The van der Waals surface area contributed by atoms with Crippen molar-refractivity contribution in [1.82, 2.24) is 4.90 Å². The largest absolute Gasteiger partial charge is 0.381 e. The van der Waals surface area contributed by atoms with Crippen molar-refractivity contribution in [2.45, 2.75) is 38.3 Å². The molecule has 1 unspecified atom stereocenters. The van der Waals surface area contributed by atoms with Gasteiger partial charge in [-0.25, -0.2) is 0 Å². The van der Waals surface area contributed by atoms with Crippen LogP contribution in [0.2, 0.25) is 0 Å². The van der Waals surface area contributed by atoms with Crippen LogP contribution < -0.4 is 5.32 Å². The summed E-state index contributed by atoms with van der Waals surface area (Å²) < 4.78 is 0. The molecule has 1 heterocycles. The fourth-order valence-corrected chi connectivity index (χ4v) is 2.74. The number of nitriles is 1. The zero-order valence-corrected chi connectivity index (χ0v) is 10.8. The smallest absolute Gasteiger partial charge is 0.0992 e. The highest BCUT2D eigenvalue weighted by atomic mass is 15.2. The number of nitrogens with one attached hydrogen (secondary N) is 1. The molecule has 1 aliphatic heterocycles. The molecule has 3 nitrogen and oxygen atoms in total. The minimum Gasteiger partial charge on any atom is -0.381 e. The first-order valence-corrected chi connectivity index (χ1v) is 6.77. The molecule has 0 bridgehead atoms. The highest BCUT2D eigenvalue weighted by Crippen LogP contribution is 2.31. The van der Waals surface area contributed by atoms with Crippen LogP contribution in [0.15, 0.2) is 18.2 Å². The van der Waals surface area contributed by atoms with Gasteiger partial charge >= 0.3 is 0 Å². The third-order valence-electron chi connectivity index (χ3n) is 4.01. The van der Waals surface area contributed by atoms with E-state index in [1.165, 1.54) is 31.4 Å². The van der Waals surface area contributed by atoms with Gasteiger partial charge in [0.15, 0.2) is 0 Å². The lowest BCUT2D eigenvalue weighted by Crippen LogP contribution is -2.27. The molecule has 0 aromatic heterocycles. The molecule has 1 aromatic carbocycles. The van der Waals surface area contributed by atoms with Gasteiger partial charge in [-0.05, 0) is 43.9 Å². The predicted molar refractivity (Wildman–Crippen MR) is 72.5 cm³/mol. The Morgan fingerprint density at radius 2 is 2.17 bits per heavy atom. The third kappa shape index (κ3) is 2.34. The molecule has 1 N–H and O–H groups in total. The lowest BCUT2D eigenvalue weighted by molar-refractivity contribution is 0.326. The summed E-state index contributed by atoms with van der Waals surface area (Å²) in [5, 5.41) is 12.6. The SMILES string of the molecule is Cc1ccc(C#N)cc1NC1CCN(C2CC2)C1. The Balaban J connectivity index is 1.67. The van der Waals surface area contributed by atoms with E-state index >= 15 is 0 Å². The number of anilines is 1. The van der Waals surface area contributed by atoms with Crippen molar-refractivity contribution in [3.05, 3.63) is 29.3 Å². The molecule has 1 saturated carbocycles. The second kappa shape index (κ2) is 4.62. The Morgan fingerprint density at radius 3 is 2.89 bits per heavy atom. The zero-order valence-electron chi connectivity index (χ0n) is 10.8. The fourth-order valence-electron chi connectivity index (χ4n) is 2.74. The van der Waals surface area contributed by atoms with Crippen LogP contribution in [-0.4, -0.2) is 30.1 Å². The fraction of sp³-hybridized carbons (Fsp3) is 0.533. The van der Waals surface area contributed by atoms with Crippen LogP contribution in [-0.2, 0) is 0 Å². The van der Waals surface area contributed by atoms with Crippen LogP contribution in [0, 0.1) is 18.3 Å². The number of rotatable bonds is 3. The van der Waals surface area contributed by atoms with Crippen molar-refractivity contribution in [1.29, 1.82) is 5.26 Å². The predicted octanol–water partition coefficient (Wildman–Crippen LogP) is 2.52. The molecule has 0 amide bonds. The van der Waals surface area contributed by atoms with E-state index in [9.17, 15) is 0 Å². The molecule has 2 fully saturated rings. The molecule has 1 aromatic rings. The van der Waals surface area contributed by atoms with Gasteiger partial charge in [-0.15, -0.1) is 0 Å². The average Bonchev–Trinajstić information content (AvgIpc) is 3.13. The van der Waals surface area contributed by atoms with Crippen LogP contribution >= 0.6 is 0 Å².